The maximum Gasteiger partial charge on any atom is 0.286 e. The topological polar surface area (TPSA) is 94.6 Å². The Bertz CT molecular complexity index is 1060. The Morgan fingerprint density at radius 1 is 1.10 bits per heavy atom. The first-order valence-electron chi connectivity index (χ1n) is 9.12. The molecule has 0 fully saturated rings. The van der Waals surface area contributed by atoms with Crippen LogP contribution in [-0.2, 0) is 20.7 Å². The average molecular weight is 427 g/mol. The van der Waals surface area contributed by atoms with Gasteiger partial charge in [0.1, 0.15) is 0 Å². The number of benzene rings is 1. The number of methoxy groups -OCH3 is 1. The zero-order valence-electron chi connectivity index (χ0n) is 16.1. The predicted octanol–water partition coefficient (Wildman–Crippen LogP) is 2.42. The van der Waals surface area contributed by atoms with Gasteiger partial charge in [-0.25, -0.2) is 0 Å². The van der Waals surface area contributed by atoms with Crippen LogP contribution in [0, 0.1) is 0 Å². The lowest BCUT2D eigenvalue weighted by Crippen LogP contribution is -2.37. The molecule has 1 N–H and O–H groups in total. The molecular weight excluding hydrogens is 408 g/mol. The summed E-state index contributed by atoms with van der Waals surface area (Å²) in [4.78, 5) is 42.5. The van der Waals surface area contributed by atoms with Gasteiger partial charge in [-0.15, -0.1) is 12.4 Å². The van der Waals surface area contributed by atoms with E-state index in [2.05, 4.69) is 10.3 Å². The summed E-state index contributed by atoms with van der Waals surface area (Å²) in [7, 11) is 1.36. The molecule has 1 aromatic carbocycles. The number of Topliss-reactive ketones (excluding diaryl/α,β-unsaturated/α-hetero) is 2. The van der Waals surface area contributed by atoms with Crippen molar-refractivity contribution in [3.8, 4) is 0 Å². The number of allylic oxidation sites excluding steroid dienone is 2. The molecule has 0 saturated carbocycles. The SMILES string of the molecule is COC1OC(C(=O)NCCc2ccccn2)=CC2=C1C(=O)c1ccccc1C2=O.Cl. The highest BCUT2D eigenvalue weighted by atomic mass is 35.5. The number of hydrogen-bond acceptors (Lipinski definition) is 6. The van der Waals surface area contributed by atoms with Gasteiger partial charge in [0.05, 0.1) is 5.57 Å². The molecule has 2 heterocycles. The lowest BCUT2D eigenvalue weighted by atomic mass is 9.82. The summed E-state index contributed by atoms with van der Waals surface area (Å²) in [6, 6.07) is 12.1. The van der Waals surface area contributed by atoms with Gasteiger partial charge >= 0.3 is 0 Å². The minimum atomic E-state index is -1.13. The Labute approximate surface area is 179 Å². The number of amides is 1. The van der Waals surface area contributed by atoms with Crippen LogP contribution in [0.2, 0.25) is 0 Å². The number of halogens is 1. The van der Waals surface area contributed by atoms with E-state index in [-0.39, 0.29) is 40.9 Å². The van der Waals surface area contributed by atoms with Gasteiger partial charge in [0, 0.05) is 48.7 Å². The van der Waals surface area contributed by atoms with E-state index in [0.29, 0.717) is 24.1 Å². The first-order chi connectivity index (χ1) is 14.1. The summed E-state index contributed by atoms with van der Waals surface area (Å²) < 4.78 is 10.8. The maximum atomic E-state index is 12.9. The van der Waals surface area contributed by atoms with Crippen LogP contribution in [0.5, 0.6) is 0 Å². The van der Waals surface area contributed by atoms with Crippen molar-refractivity contribution in [2.45, 2.75) is 12.7 Å². The molecule has 1 aliphatic carbocycles. The van der Waals surface area contributed by atoms with Crippen LogP contribution < -0.4 is 5.32 Å². The molecule has 7 nitrogen and oxygen atoms in total. The number of hydrogen-bond donors (Lipinski definition) is 1. The number of carbonyl (C=O) groups is 3. The summed E-state index contributed by atoms with van der Waals surface area (Å²) in [6.45, 7) is 0.343. The number of nitrogens with one attached hydrogen (secondary N) is 1. The normalized spacial score (nSPS) is 17.2. The number of nitrogens with zero attached hydrogens (tertiary/aromatic N) is 1. The molecule has 0 saturated heterocycles. The largest absolute Gasteiger partial charge is 0.455 e. The molecule has 0 bridgehead atoms. The van der Waals surface area contributed by atoms with Crippen LogP contribution in [0.25, 0.3) is 0 Å². The fourth-order valence-electron chi connectivity index (χ4n) is 3.35. The van der Waals surface area contributed by atoms with E-state index in [1.54, 1.807) is 30.5 Å². The van der Waals surface area contributed by atoms with Crippen LogP contribution in [0.4, 0.5) is 0 Å². The third-order valence-electron chi connectivity index (χ3n) is 4.77. The maximum absolute atomic E-state index is 12.9. The highest BCUT2D eigenvalue weighted by Gasteiger charge is 2.40. The molecule has 1 unspecified atom stereocenters. The summed E-state index contributed by atoms with van der Waals surface area (Å²) in [5, 5.41) is 2.74. The van der Waals surface area contributed by atoms with E-state index in [1.165, 1.54) is 13.2 Å². The number of aromatic nitrogens is 1. The number of ketones is 2. The van der Waals surface area contributed by atoms with Gasteiger partial charge in [-0.05, 0) is 18.2 Å². The molecule has 1 amide bonds. The van der Waals surface area contributed by atoms with Crippen molar-refractivity contribution in [3.05, 3.63) is 88.5 Å². The zero-order valence-corrected chi connectivity index (χ0v) is 16.9. The Balaban J connectivity index is 0.00000256. The number of pyridine rings is 1. The smallest absolute Gasteiger partial charge is 0.286 e. The van der Waals surface area contributed by atoms with E-state index in [9.17, 15) is 14.4 Å². The van der Waals surface area contributed by atoms with Gasteiger partial charge in [-0.2, -0.15) is 0 Å². The monoisotopic (exact) mass is 426 g/mol. The first-order valence-corrected chi connectivity index (χ1v) is 9.12. The van der Waals surface area contributed by atoms with Crippen molar-refractivity contribution in [1.82, 2.24) is 10.3 Å². The van der Waals surface area contributed by atoms with E-state index in [0.717, 1.165) is 5.69 Å². The van der Waals surface area contributed by atoms with Crippen LogP contribution in [-0.4, -0.2) is 42.4 Å². The van der Waals surface area contributed by atoms with Crippen molar-refractivity contribution < 1.29 is 23.9 Å². The Morgan fingerprint density at radius 3 is 2.47 bits per heavy atom. The van der Waals surface area contributed by atoms with Gasteiger partial charge in [0.25, 0.3) is 5.91 Å². The fourth-order valence-corrected chi connectivity index (χ4v) is 3.35. The molecule has 0 radical (unpaired) electrons. The molecule has 0 spiro atoms. The summed E-state index contributed by atoms with van der Waals surface area (Å²) in [5.74, 6) is -1.24. The highest BCUT2D eigenvalue weighted by molar-refractivity contribution is 6.28. The number of carbonyl (C=O) groups excluding carboxylic acids is 3. The molecule has 2 aromatic rings. The van der Waals surface area contributed by atoms with Crippen molar-refractivity contribution in [2.24, 2.45) is 0 Å². The molecule has 30 heavy (non-hydrogen) atoms. The molecule has 154 valence electrons. The minimum absolute atomic E-state index is 0. The van der Waals surface area contributed by atoms with Gasteiger partial charge in [-0.3, -0.25) is 19.4 Å². The predicted molar refractivity (Wildman–Crippen MR) is 110 cm³/mol. The third kappa shape index (κ3) is 3.90. The molecular formula is C22H19ClN2O5. The molecule has 4 rings (SSSR count). The summed E-state index contributed by atoms with van der Waals surface area (Å²) in [5.41, 5.74) is 1.69. The van der Waals surface area contributed by atoms with Gasteiger partial charge in [-0.1, -0.05) is 30.3 Å². The molecule has 2 aliphatic rings. The quantitative estimate of drug-likeness (QED) is 0.789. The lowest BCUT2D eigenvalue weighted by Gasteiger charge is -2.29. The first kappa shape index (κ1) is 21.4. The third-order valence-corrected chi connectivity index (χ3v) is 4.77. The second kappa shape index (κ2) is 9.02. The molecule has 8 heteroatoms. The van der Waals surface area contributed by atoms with Crippen LogP contribution >= 0.6 is 12.4 Å². The Hall–Kier alpha value is -3.29. The second-order valence-corrected chi connectivity index (χ2v) is 6.55. The van der Waals surface area contributed by atoms with Gasteiger partial charge in [0.15, 0.2) is 17.3 Å². The summed E-state index contributed by atoms with van der Waals surface area (Å²) >= 11 is 0. The molecule has 1 aliphatic heterocycles. The lowest BCUT2D eigenvalue weighted by molar-refractivity contribution is -0.128. The number of ether oxygens (including phenoxy) is 2. The molecule has 1 atom stereocenters. The van der Waals surface area contributed by atoms with Crippen LogP contribution in [0.1, 0.15) is 26.4 Å². The minimum Gasteiger partial charge on any atom is -0.455 e. The van der Waals surface area contributed by atoms with E-state index >= 15 is 0 Å². The Kier molecular flexibility index (Phi) is 6.44. The van der Waals surface area contributed by atoms with E-state index in [1.807, 2.05) is 18.2 Å². The Morgan fingerprint density at radius 2 is 1.80 bits per heavy atom. The second-order valence-electron chi connectivity index (χ2n) is 6.55. The van der Waals surface area contributed by atoms with Gasteiger partial charge in [0.2, 0.25) is 6.29 Å². The van der Waals surface area contributed by atoms with Crippen LogP contribution in [0.15, 0.2) is 71.6 Å². The van der Waals surface area contributed by atoms with Crippen molar-refractivity contribution in [1.29, 1.82) is 0 Å². The molecule has 1 aromatic heterocycles. The van der Waals surface area contributed by atoms with Gasteiger partial charge < -0.3 is 14.8 Å². The van der Waals surface area contributed by atoms with Crippen molar-refractivity contribution in [3.63, 3.8) is 0 Å². The van der Waals surface area contributed by atoms with E-state index < -0.39 is 12.2 Å². The standard InChI is InChI=1S/C22H18N2O5.ClH/c1-28-22-18-16(19(25)14-7-2-3-8-15(14)20(18)26)12-17(29-22)21(27)24-11-9-13-6-4-5-10-23-13;/h2-8,10,12,22H,9,11H2,1H3,(H,24,27);1H. The number of rotatable bonds is 5. The average Bonchev–Trinajstić information content (AvgIpc) is 2.77. The van der Waals surface area contributed by atoms with Crippen LogP contribution in [0.3, 0.4) is 0 Å². The van der Waals surface area contributed by atoms with Crippen molar-refractivity contribution >= 4 is 29.9 Å². The highest BCUT2D eigenvalue weighted by Crippen LogP contribution is 2.34. The zero-order chi connectivity index (χ0) is 20.4. The van der Waals surface area contributed by atoms with Crippen molar-refractivity contribution in [2.75, 3.05) is 13.7 Å². The fraction of sp³-hybridized carbons (Fsp3) is 0.182. The number of fused-ring (bicyclic) bond motifs is 1. The van der Waals surface area contributed by atoms with E-state index in [4.69, 9.17) is 9.47 Å². The summed E-state index contributed by atoms with van der Waals surface area (Å²) in [6.07, 6.45) is 2.42.